The van der Waals surface area contributed by atoms with Crippen LogP contribution in [0, 0.1) is 0 Å². The lowest BCUT2D eigenvalue weighted by Crippen LogP contribution is -2.23. The minimum Gasteiger partial charge on any atom is -0.507 e. The van der Waals surface area contributed by atoms with Crippen molar-refractivity contribution in [1.29, 1.82) is 0 Å². The quantitative estimate of drug-likeness (QED) is 0.416. The number of carbonyl (C=O) groups is 2. The zero-order valence-corrected chi connectivity index (χ0v) is 17.8. The number of primary sulfonamides is 1. The maximum atomic E-state index is 11.8. The van der Waals surface area contributed by atoms with E-state index in [1.807, 2.05) is 0 Å². The van der Waals surface area contributed by atoms with Gasteiger partial charge in [0.2, 0.25) is 10.0 Å². The molecule has 9 nitrogen and oxygen atoms in total. The molecule has 0 saturated heterocycles. The van der Waals surface area contributed by atoms with Crippen LogP contribution in [0.1, 0.15) is 47.4 Å². The summed E-state index contributed by atoms with van der Waals surface area (Å²) in [6.07, 6.45) is 0.920. The maximum Gasteiger partial charge on any atom is 0.343 e. The average Bonchev–Trinajstić information content (AvgIpc) is 2.67. The van der Waals surface area contributed by atoms with Crippen LogP contribution in [-0.2, 0) is 14.8 Å². The summed E-state index contributed by atoms with van der Waals surface area (Å²) >= 11 is 0. The second kappa shape index (κ2) is 10.8. The van der Waals surface area contributed by atoms with Gasteiger partial charge >= 0.3 is 5.97 Å². The van der Waals surface area contributed by atoms with Crippen LogP contribution < -0.4 is 14.6 Å². The predicted molar refractivity (Wildman–Crippen MR) is 113 cm³/mol. The third-order valence-corrected chi connectivity index (χ3v) is 5.61. The third-order valence-electron chi connectivity index (χ3n) is 4.38. The van der Waals surface area contributed by atoms with Gasteiger partial charge in [0, 0.05) is 6.42 Å². The van der Waals surface area contributed by atoms with Crippen LogP contribution >= 0.6 is 0 Å². The van der Waals surface area contributed by atoms with Crippen molar-refractivity contribution in [3.63, 3.8) is 0 Å². The molecule has 0 fully saturated rings. The molecule has 0 aliphatic rings. The van der Waals surface area contributed by atoms with Gasteiger partial charge in [-0.3, -0.25) is 4.79 Å². The maximum absolute atomic E-state index is 11.8. The lowest BCUT2D eigenvalue weighted by molar-refractivity contribution is -0.117. The number of benzene rings is 2. The van der Waals surface area contributed by atoms with Gasteiger partial charge < -0.3 is 19.7 Å². The number of sulfonamides is 1. The number of ether oxygens (including phenoxy) is 2. The molecule has 0 aliphatic carbocycles. The minimum absolute atomic E-state index is 0.0839. The first-order valence-electron chi connectivity index (χ1n) is 9.51. The van der Waals surface area contributed by atoms with Gasteiger partial charge in [0.25, 0.3) is 0 Å². The van der Waals surface area contributed by atoms with E-state index in [4.69, 9.17) is 19.7 Å². The molecule has 0 aromatic heterocycles. The molecule has 0 spiro atoms. The van der Waals surface area contributed by atoms with Gasteiger partial charge in [0.1, 0.15) is 33.8 Å². The van der Waals surface area contributed by atoms with E-state index in [2.05, 4.69) is 0 Å². The molecule has 0 bridgehead atoms. The molecule has 0 amide bonds. The molecule has 168 valence electrons. The van der Waals surface area contributed by atoms with Crippen LogP contribution in [0.3, 0.4) is 0 Å². The number of hydrogen-bond acceptors (Lipinski definition) is 7. The molecular formula is C21H25NO8S. The number of aromatic hydroxyl groups is 1. The topological polar surface area (TPSA) is 153 Å². The fraction of sp³-hybridized carbons (Fsp3) is 0.333. The molecule has 1 unspecified atom stereocenters. The zero-order chi connectivity index (χ0) is 23.0. The molecule has 1 atom stereocenters. The highest BCUT2D eigenvalue weighted by Gasteiger charge is 2.25. The molecule has 0 saturated carbocycles. The van der Waals surface area contributed by atoms with Gasteiger partial charge in [-0.2, -0.15) is 0 Å². The fourth-order valence-corrected chi connectivity index (χ4v) is 3.91. The fourth-order valence-electron chi connectivity index (χ4n) is 2.92. The average molecular weight is 451 g/mol. The molecule has 31 heavy (non-hydrogen) atoms. The minimum atomic E-state index is -3.95. The van der Waals surface area contributed by atoms with Crippen LogP contribution in [0.2, 0.25) is 0 Å². The van der Waals surface area contributed by atoms with E-state index in [1.54, 1.807) is 24.3 Å². The van der Waals surface area contributed by atoms with E-state index in [9.17, 15) is 23.1 Å². The normalized spacial score (nSPS) is 12.2. The van der Waals surface area contributed by atoms with E-state index in [0.717, 1.165) is 0 Å². The van der Waals surface area contributed by atoms with Crippen molar-refractivity contribution in [2.45, 2.75) is 31.4 Å². The standard InChI is InChI=1S/C21H25NO8S/c1-14(23)12-19(31(22,27)28)15-6-4-7-16(13-15)29-10-2-3-11-30-18-9-5-8-17(24)20(18)21(25)26/h4-9,13,19,24H,2-3,10-12H2,1H3,(H,25,26)(H2,22,27,28). The smallest absolute Gasteiger partial charge is 0.343 e. The van der Waals surface area contributed by atoms with Crippen molar-refractivity contribution in [2.24, 2.45) is 5.14 Å². The van der Waals surface area contributed by atoms with Crippen molar-refractivity contribution in [3.05, 3.63) is 53.6 Å². The number of rotatable bonds is 12. The zero-order valence-electron chi connectivity index (χ0n) is 17.0. The SMILES string of the molecule is CC(=O)CC(c1cccc(OCCCCOc2cccc(O)c2C(=O)O)c1)S(N)(=O)=O. The van der Waals surface area contributed by atoms with E-state index < -0.39 is 21.2 Å². The van der Waals surface area contributed by atoms with Crippen LogP contribution in [0.4, 0.5) is 0 Å². The highest BCUT2D eigenvalue weighted by atomic mass is 32.2. The summed E-state index contributed by atoms with van der Waals surface area (Å²) in [6, 6.07) is 10.6. The van der Waals surface area contributed by atoms with Gasteiger partial charge in [0.15, 0.2) is 0 Å². The van der Waals surface area contributed by atoms with E-state index in [0.29, 0.717) is 30.8 Å². The number of phenols is 1. The largest absolute Gasteiger partial charge is 0.507 e. The Morgan fingerprint density at radius 1 is 1.06 bits per heavy atom. The Bertz CT molecular complexity index is 1040. The Labute approximate surface area is 180 Å². The van der Waals surface area contributed by atoms with Crippen LogP contribution in [-0.4, -0.2) is 43.6 Å². The Morgan fingerprint density at radius 2 is 1.71 bits per heavy atom. The first kappa shape index (κ1) is 24.2. The van der Waals surface area contributed by atoms with Crippen molar-refractivity contribution < 1.29 is 37.7 Å². The summed E-state index contributed by atoms with van der Waals surface area (Å²) in [4.78, 5) is 22.6. The molecule has 2 rings (SSSR count). The summed E-state index contributed by atoms with van der Waals surface area (Å²) < 4.78 is 34.8. The van der Waals surface area contributed by atoms with Gasteiger partial charge in [-0.25, -0.2) is 18.4 Å². The number of carbonyl (C=O) groups excluding carboxylic acids is 1. The summed E-state index contributed by atoms with van der Waals surface area (Å²) in [7, 11) is -3.95. The number of hydrogen-bond donors (Lipinski definition) is 3. The molecule has 0 heterocycles. The molecule has 2 aromatic rings. The number of ketones is 1. The van der Waals surface area contributed by atoms with E-state index in [1.165, 1.54) is 25.1 Å². The van der Waals surface area contributed by atoms with Crippen molar-refractivity contribution in [2.75, 3.05) is 13.2 Å². The number of unbranched alkanes of at least 4 members (excludes halogenated alkanes) is 1. The Morgan fingerprint density at radius 3 is 2.32 bits per heavy atom. The van der Waals surface area contributed by atoms with Crippen molar-refractivity contribution >= 4 is 21.8 Å². The van der Waals surface area contributed by atoms with E-state index >= 15 is 0 Å². The highest BCUT2D eigenvalue weighted by molar-refractivity contribution is 7.89. The summed E-state index contributed by atoms with van der Waals surface area (Å²) in [5.41, 5.74) is 0.0918. The number of nitrogens with two attached hydrogens (primary N) is 1. The van der Waals surface area contributed by atoms with Crippen LogP contribution in [0.15, 0.2) is 42.5 Å². The Kier molecular flexibility index (Phi) is 8.40. The Balaban J connectivity index is 1.87. The molecule has 10 heteroatoms. The molecular weight excluding hydrogens is 426 g/mol. The third kappa shape index (κ3) is 7.26. The van der Waals surface area contributed by atoms with E-state index in [-0.39, 0.29) is 35.9 Å². The molecule has 0 radical (unpaired) electrons. The Hall–Kier alpha value is -3.11. The molecule has 4 N–H and O–H groups in total. The second-order valence-corrected chi connectivity index (χ2v) is 8.66. The van der Waals surface area contributed by atoms with Gasteiger partial charge in [-0.15, -0.1) is 0 Å². The lowest BCUT2D eigenvalue weighted by atomic mass is 10.1. The predicted octanol–water partition coefficient (Wildman–Crippen LogP) is 2.64. The van der Waals surface area contributed by atoms with Gasteiger partial charge in [-0.05, 0) is 49.6 Å². The number of aromatic carboxylic acids is 1. The summed E-state index contributed by atoms with van der Waals surface area (Å²) in [5.74, 6) is -1.41. The highest BCUT2D eigenvalue weighted by Crippen LogP contribution is 2.28. The van der Waals surface area contributed by atoms with Crippen molar-refractivity contribution in [3.8, 4) is 17.2 Å². The van der Waals surface area contributed by atoms with Gasteiger partial charge in [-0.1, -0.05) is 18.2 Å². The van der Waals surface area contributed by atoms with Crippen molar-refractivity contribution in [1.82, 2.24) is 0 Å². The van der Waals surface area contributed by atoms with Gasteiger partial charge in [0.05, 0.1) is 13.2 Å². The summed E-state index contributed by atoms with van der Waals surface area (Å²) in [6.45, 7) is 1.83. The van der Waals surface area contributed by atoms with Crippen LogP contribution in [0.25, 0.3) is 0 Å². The first-order valence-corrected chi connectivity index (χ1v) is 11.1. The number of Topliss-reactive ketones (excluding diaryl/α,β-unsaturated/α-hetero) is 1. The number of carboxylic acid groups (broad SMARTS) is 1. The van der Waals surface area contributed by atoms with Crippen LogP contribution in [0.5, 0.6) is 17.2 Å². The monoisotopic (exact) mass is 451 g/mol. The first-order chi connectivity index (χ1) is 14.6. The number of carboxylic acids is 1. The summed E-state index contributed by atoms with van der Waals surface area (Å²) in [5, 5.41) is 22.9. The lowest BCUT2D eigenvalue weighted by Gasteiger charge is -2.15. The second-order valence-electron chi connectivity index (χ2n) is 6.92. The molecule has 0 aliphatic heterocycles. The molecule has 2 aromatic carbocycles.